The molecule has 0 aliphatic heterocycles. The Morgan fingerprint density at radius 1 is 1.21 bits per heavy atom. The van der Waals surface area contributed by atoms with Crippen LogP contribution in [0, 0.1) is 0 Å². The van der Waals surface area contributed by atoms with Gasteiger partial charge < -0.3 is 9.64 Å². The minimum Gasteiger partial charge on any atom is -0.389 e. The second-order valence-electron chi connectivity index (χ2n) is 6.87. The van der Waals surface area contributed by atoms with Crippen molar-refractivity contribution in [3.05, 3.63) is 70.4 Å². The molecule has 0 unspecified atom stereocenters. The van der Waals surface area contributed by atoms with Crippen LogP contribution in [0.15, 0.2) is 48.5 Å². The number of likely N-dealkylation sites (N-methyl/N-ethyl adjacent to an activating group) is 1. The molecule has 1 amide bonds. The molecule has 1 aliphatic carbocycles. The van der Waals surface area contributed by atoms with Crippen molar-refractivity contribution in [1.82, 2.24) is 15.1 Å². The third kappa shape index (κ3) is 3.76. The Morgan fingerprint density at radius 3 is 2.82 bits per heavy atom. The highest BCUT2D eigenvalue weighted by molar-refractivity contribution is 6.30. The van der Waals surface area contributed by atoms with Gasteiger partial charge in [0.05, 0.1) is 5.56 Å². The van der Waals surface area contributed by atoms with E-state index in [2.05, 4.69) is 22.3 Å². The van der Waals surface area contributed by atoms with E-state index in [1.807, 2.05) is 43.3 Å². The molecule has 1 N–H and O–H groups in total. The molecule has 1 aliphatic rings. The number of halogens is 1. The lowest BCUT2D eigenvalue weighted by molar-refractivity contribution is 0.153. The predicted octanol–water partition coefficient (Wildman–Crippen LogP) is 4.89. The number of carbonyl (C=O) groups excluding carboxylic acids is 1. The number of hydrogen-bond acceptors (Lipinski definition) is 3. The van der Waals surface area contributed by atoms with Crippen LogP contribution in [0.4, 0.5) is 4.79 Å². The molecule has 5 nitrogen and oxygen atoms in total. The third-order valence-electron chi connectivity index (χ3n) is 5.13. The summed E-state index contributed by atoms with van der Waals surface area (Å²) in [5, 5.41) is 8.00. The Bertz CT molecular complexity index is 985. The van der Waals surface area contributed by atoms with Crippen molar-refractivity contribution in [2.75, 3.05) is 13.1 Å². The van der Waals surface area contributed by atoms with Gasteiger partial charge in [0.15, 0.2) is 0 Å². The zero-order valence-electron chi connectivity index (χ0n) is 15.7. The topological polar surface area (TPSA) is 58.2 Å². The summed E-state index contributed by atoms with van der Waals surface area (Å²) in [6.07, 6.45) is 2.10. The van der Waals surface area contributed by atoms with Crippen LogP contribution >= 0.6 is 11.6 Å². The maximum atomic E-state index is 12.7. The highest BCUT2D eigenvalue weighted by Crippen LogP contribution is 2.39. The van der Waals surface area contributed by atoms with Gasteiger partial charge in [-0.1, -0.05) is 48.0 Å². The molecule has 0 saturated carbocycles. The Hall–Kier alpha value is -2.79. The van der Waals surface area contributed by atoms with Gasteiger partial charge in [-0.25, -0.2) is 4.79 Å². The number of benzene rings is 2. The Kier molecular flexibility index (Phi) is 5.35. The number of H-pyrrole nitrogens is 1. The van der Waals surface area contributed by atoms with Gasteiger partial charge >= 0.3 is 6.09 Å². The van der Waals surface area contributed by atoms with Crippen molar-refractivity contribution in [2.24, 2.45) is 0 Å². The van der Waals surface area contributed by atoms with Gasteiger partial charge in [-0.15, -0.1) is 5.10 Å². The van der Waals surface area contributed by atoms with Crippen LogP contribution in [-0.4, -0.2) is 34.3 Å². The van der Waals surface area contributed by atoms with Gasteiger partial charge in [0, 0.05) is 23.8 Å². The molecule has 0 fully saturated rings. The standard InChI is InChI=1S/C22H22ClN3O2/c1-2-26(13-12-15-6-4-3-5-7-15)22(27)28-21-20-18-10-9-17(23)14-16(18)8-11-19(20)24-25-21/h3-7,9-10,14H,2,8,11-13H2,1H3,(H,24,25). The number of hydrogen-bond donors (Lipinski definition) is 1. The fraction of sp³-hybridized carbons (Fsp3) is 0.273. The normalized spacial score (nSPS) is 12.2. The van der Waals surface area contributed by atoms with Crippen LogP contribution in [0.5, 0.6) is 5.88 Å². The third-order valence-corrected chi connectivity index (χ3v) is 5.36. The molecule has 0 spiro atoms. The minimum atomic E-state index is -0.381. The summed E-state index contributed by atoms with van der Waals surface area (Å²) in [4.78, 5) is 14.4. The lowest BCUT2D eigenvalue weighted by Crippen LogP contribution is -2.35. The van der Waals surface area contributed by atoms with Gasteiger partial charge in [0.2, 0.25) is 0 Å². The van der Waals surface area contributed by atoms with E-state index in [1.54, 1.807) is 4.90 Å². The number of ether oxygens (including phenoxy) is 1. The molecule has 28 heavy (non-hydrogen) atoms. The number of nitrogens with zero attached hydrogens (tertiary/aromatic N) is 2. The van der Waals surface area contributed by atoms with Crippen molar-refractivity contribution < 1.29 is 9.53 Å². The molecule has 0 radical (unpaired) electrons. The van der Waals surface area contributed by atoms with Crippen LogP contribution in [0.3, 0.4) is 0 Å². The van der Waals surface area contributed by atoms with E-state index in [0.717, 1.165) is 41.6 Å². The van der Waals surface area contributed by atoms with Crippen LogP contribution < -0.4 is 4.74 Å². The first kappa shape index (κ1) is 18.6. The zero-order chi connectivity index (χ0) is 19.5. The van der Waals surface area contributed by atoms with E-state index < -0.39 is 0 Å². The first-order valence-corrected chi connectivity index (χ1v) is 9.90. The quantitative estimate of drug-likeness (QED) is 0.669. The van der Waals surface area contributed by atoms with Gasteiger partial charge in [-0.3, -0.25) is 5.10 Å². The molecular formula is C22H22ClN3O2. The molecule has 0 saturated heterocycles. The van der Waals surface area contributed by atoms with E-state index in [9.17, 15) is 4.79 Å². The van der Waals surface area contributed by atoms with Crippen LogP contribution in [0.1, 0.15) is 23.7 Å². The average Bonchev–Trinajstić information content (AvgIpc) is 3.12. The zero-order valence-corrected chi connectivity index (χ0v) is 16.5. The number of aromatic amines is 1. The van der Waals surface area contributed by atoms with Crippen molar-refractivity contribution >= 4 is 17.7 Å². The summed E-state index contributed by atoms with van der Waals surface area (Å²) in [5.41, 5.74) is 5.22. The maximum absolute atomic E-state index is 12.7. The van der Waals surface area contributed by atoms with Gasteiger partial charge in [-0.05, 0) is 55.0 Å². The summed E-state index contributed by atoms with van der Waals surface area (Å²) in [6, 6.07) is 15.9. The summed E-state index contributed by atoms with van der Waals surface area (Å²) < 4.78 is 5.69. The smallest absolute Gasteiger partial charge is 0.389 e. The molecule has 0 atom stereocenters. The number of carbonyl (C=O) groups is 1. The lowest BCUT2D eigenvalue weighted by Gasteiger charge is -2.21. The first-order valence-electron chi connectivity index (χ1n) is 9.52. The number of rotatable bonds is 5. The lowest BCUT2D eigenvalue weighted by atomic mass is 9.90. The Balaban J connectivity index is 1.51. The van der Waals surface area contributed by atoms with Crippen molar-refractivity contribution in [1.29, 1.82) is 0 Å². The fourth-order valence-corrected chi connectivity index (χ4v) is 3.79. The molecule has 0 bridgehead atoms. The van der Waals surface area contributed by atoms with Gasteiger partial charge in [0.1, 0.15) is 0 Å². The van der Waals surface area contributed by atoms with Crippen LogP contribution in [0.25, 0.3) is 11.1 Å². The highest BCUT2D eigenvalue weighted by atomic mass is 35.5. The van der Waals surface area contributed by atoms with E-state index in [-0.39, 0.29) is 6.09 Å². The van der Waals surface area contributed by atoms with E-state index in [1.165, 1.54) is 5.56 Å². The second kappa shape index (κ2) is 8.07. The molecule has 4 rings (SSSR count). The van der Waals surface area contributed by atoms with E-state index >= 15 is 0 Å². The number of fused-ring (bicyclic) bond motifs is 3. The molecule has 3 aromatic rings. The number of nitrogens with one attached hydrogen (secondary N) is 1. The maximum Gasteiger partial charge on any atom is 0.416 e. The number of aromatic nitrogens is 2. The van der Waals surface area contributed by atoms with Crippen molar-refractivity contribution in [2.45, 2.75) is 26.2 Å². The summed E-state index contributed by atoms with van der Waals surface area (Å²) >= 11 is 6.13. The SMILES string of the molecule is CCN(CCc1ccccc1)C(=O)Oc1n[nH]c2c1-c1ccc(Cl)cc1CC2. The summed E-state index contributed by atoms with van der Waals surface area (Å²) in [6.45, 7) is 3.12. The fourth-order valence-electron chi connectivity index (χ4n) is 3.60. The van der Waals surface area contributed by atoms with E-state index in [4.69, 9.17) is 16.3 Å². The number of aryl methyl sites for hydroxylation is 2. The van der Waals surface area contributed by atoms with Gasteiger partial charge in [0.25, 0.3) is 5.88 Å². The van der Waals surface area contributed by atoms with E-state index in [0.29, 0.717) is 24.0 Å². The largest absolute Gasteiger partial charge is 0.416 e. The molecule has 144 valence electrons. The minimum absolute atomic E-state index is 0.335. The molecular weight excluding hydrogens is 374 g/mol. The first-order chi connectivity index (χ1) is 13.7. The summed E-state index contributed by atoms with van der Waals surface area (Å²) in [5.74, 6) is 0.335. The second-order valence-corrected chi connectivity index (χ2v) is 7.30. The Labute approximate surface area is 169 Å². The highest BCUT2D eigenvalue weighted by Gasteiger charge is 2.26. The monoisotopic (exact) mass is 395 g/mol. The molecule has 6 heteroatoms. The molecule has 1 aromatic heterocycles. The van der Waals surface area contributed by atoms with Crippen molar-refractivity contribution in [3.63, 3.8) is 0 Å². The average molecular weight is 396 g/mol. The van der Waals surface area contributed by atoms with Gasteiger partial charge in [-0.2, -0.15) is 0 Å². The molecule has 1 heterocycles. The van der Waals surface area contributed by atoms with Crippen LogP contribution in [-0.2, 0) is 19.3 Å². The Morgan fingerprint density at radius 2 is 2.04 bits per heavy atom. The molecule has 2 aromatic carbocycles. The number of amides is 1. The van der Waals surface area contributed by atoms with Crippen molar-refractivity contribution in [3.8, 4) is 17.0 Å². The predicted molar refractivity (Wildman–Crippen MR) is 110 cm³/mol. The van der Waals surface area contributed by atoms with Crippen LogP contribution in [0.2, 0.25) is 5.02 Å². The summed E-state index contributed by atoms with van der Waals surface area (Å²) in [7, 11) is 0.